The van der Waals surface area contributed by atoms with E-state index < -0.39 is 24.0 Å². The molecular weight excluding hydrogens is 466 g/mol. The van der Waals surface area contributed by atoms with E-state index >= 15 is 0 Å². The highest BCUT2D eigenvalue weighted by Gasteiger charge is 2.31. The van der Waals surface area contributed by atoms with E-state index in [1.165, 1.54) is 37.4 Å². The molecule has 0 spiro atoms. The lowest BCUT2D eigenvalue weighted by molar-refractivity contribution is -0.274. The van der Waals surface area contributed by atoms with E-state index in [2.05, 4.69) is 15.2 Å². The second-order valence-electron chi connectivity index (χ2n) is 7.18. The fourth-order valence-electron chi connectivity index (χ4n) is 2.96. The molecule has 0 radical (unpaired) electrons. The molecule has 0 unspecified atom stereocenters. The number of nitrogens with zero attached hydrogens (tertiary/aromatic N) is 4. The van der Waals surface area contributed by atoms with Crippen molar-refractivity contribution >= 4 is 23.2 Å². The second kappa shape index (κ2) is 10.6. The lowest BCUT2D eigenvalue weighted by Gasteiger charge is -2.24. The van der Waals surface area contributed by atoms with Gasteiger partial charge in [0, 0.05) is 31.0 Å². The Balaban J connectivity index is 1.84. The first-order chi connectivity index (χ1) is 16.6. The highest BCUT2D eigenvalue weighted by molar-refractivity contribution is 6.10. The van der Waals surface area contributed by atoms with Crippen molar-refractivity contribution in [3.8, 4) is 11.8 Å². The van der Waals surface area contributed by atoms with Gasteiger partial charge in [-0.25, -0.2) is 14.2 Å². The summed E-state index contributed by atoms with van der Waals surface area (Å²) in [5.41, 5.74) is 1.67. The van der Waals surface area contributed by atoms with Gasteiger partial charge < -0.3 is 15.0 Å². The van der Waals surface area contributed by atoms with E-state index in [9.17, 15) is 22.4 Å². The Bertz CT molecular complexity index is 1250. The molecule has 3 rings (SSSR count). The molecule has 35 heavy (non-hydrogen) atoms. The minimum atomic E-state index is -4.83. The van der Waals surface area contributed by atoms with Gasteiger partial charge in [-0.05, 0) is 60.7 Å². The number of nitriles is 1. The Hall–Kier alpha value is -4.59. The Kier molecular flexibility index (Phi) is 7.56. The van der Waals surface area contributed by atoms with Crippen LogP contribution in [0.15, 0.2) is 77.9 Å². The third-order valence-electron chi connectivity index (χ3n) is 4.66. The fourth-order valence-corrected chi connectivity index (χ4v) is 2.96. The smallest absolute Gasteiger partial charge is 0.406 e. The first kappa shape index (κ1) is 25.0. The monoisotopic (exact) mass is 485 g/mol. The molecule has 0 atom stereocenters. The summed E-state index contributed by atoms with van der Waals surface area (Å²) in [6.07, 6.45) is -4.83. The van der Waals surface area contributed by atoms with Crippen molar-refractivity contribution in [3.63, 3.8) is 0 Å². The van der Waals surface area contributed by atoms with Gasteiger partial charge >= 0.3 is 12.4 Å². The van der Waals surface area contributed by atoms with E-state index in [4.69, 9.17) is 5.26 Å². The molecule has 0 aliphatic heterocycles. The number of amidine groups is 1. The minimum Gasteiger partial charge on any atom is -0.406 e. The number of hydrogen-bond acceptors (Lipinski definition) is 4. The average molecular weight is 485 g/mol. The number of carbonyl (C=O) groups excluding carboxylic acids is 1. The van der Waals surface area contributed by atoms with Gasteiger partial charge in [0.05, 0.1) is 11.6 Å². The summed E-state index contributed by atoms with van der Waals surface area (Å²) in [5, 5.41) is 16.8. The Morgan fingerprint density at radius 3 is 2.26 bits per heavy atom. The van der Waals surface area contributed by atoms with Gasteiger partial charge in [-0.15, -0.1) is 13.2 Å². The summed E-state index contributed by atoms with van der Waals surface area (Å²) in [5.74, 6) is -0.711. The van der Waals surface area contributed by atoms with Gasteiger partial charge in [-0.2, -0.15) is 10.4 Å². The Morgan fingerprint density at radius 1 is 1.03 bits per heavy atom. The first-order valence-electron chi connectivity index (χ1n) is 10.0. The molecule has 11 heteroatoms. The predicted octanol–water partition coefficient (Wildman–Crippen LogP) is 5.56. The first-order valence-corrected chi connectivity index (χ1v) is 10.0. The molecule has 0 saturated carbocycles. The van der Waals surface area contributed by atoms with E-state index in [1.54, 1.807) is 42.3 Å². The van der Waals surface area contributed by atoms with Crippen LogP contribution in [-0.4, -0.2) is 37.3 Å². The maximum atomic E-state index is 13.9. The third-order valence-corrected chi connectivity index (χ3v) is 4.66. The molecule has 0 heterocycles. The third kappa shape index (κ3) is 6.94. The van der Waals surface area contributed by atoms with Crippen LogP contribution in [0.3, 0.4) is 0 Å². The van der Waals surface area contributed by atoms with Crippen molar-refractivity contribution in [2.75, 3.05) is 24.3 Å². The van der Waals surface area contributed by atoms with Crippen LogP contribution in [0.2, 0.25) is 0 Å². The van der Waals surface area contributed by atoms with Gasteiger partial charge in [-0.3, -0.25) is 0 Å². The summed E-state index contributed by atoms with van der Waals surface area (Å²) in [7, 11) is 3.03. The van der Waals surface area contributed by atoms with Crippen molar-refractivity contribution in [2.45, 2.75) is 6.36 Å². The van der Waals surface area contributed by atoms with E-state index in [1.807, 2.05) is 6.07 Å². The second-order valence-corrected chi connectivity index (χ2v) is 7.18. The summed E-state index contributed by atoms with van der Waals surface area (Å²) >= 11 is 0. The number of rotatable bonds is 5. The topological polar surface area (TPSA) is 81.0 Å². The van der Waals surface area contributed by atoms with Crippen molar-refractivity contribution in [2.24, 2.45) is 5.10 Å². The number of carbonyl (C=O) groups is 1. The van der Waals surface area contributed by atoms with Crippen LogP contribution < -0.4 is 15.0 Å². The molecule has 3 aromatic carbocycles. The average Bonchev–Trinajstić information content (AvgIpc) is 2.82. The number of nitrogens with one attached hydrogen (secondary N) is 1. The lowest BCUT2D eigenvalue weighted by atomic mass is 10.1. The summed E-state index contributed by atoms with van der Waals surface area (Å²) in [6.45, 7) is 0. The molecule has 7 nitrogen and oxygen atoms in total. The standard InChI is InChI=1S/C24H19F4N5O2/c1-32(20-10-6-16(15-29)7-11-20)22(17-4-3-5-18(25)14-17)31-33(2)23(34)30-19-8-12-21(13-9-19)35-24(26,27)28/h3-14H,1-2H3,(H,30,34). The number of ether oxygens (including phenoxy) is 1. The maximum Gasteiger partial charge on any atom is 0.573 e. The molecule has 0 aliphatic rings. The van der Waals surface area contributed by atoms with Gasteiger partial charge in [0.15, 0.2) is 5.84 Å². The normalized spacial score (nSPS) is 11.4. The van der Waals surface area contributed by atoms with Crippen molar-refractivity contribution in [1.29, 1.82) is 5.26 Å². The fraction of sp³-hybridized carbons (Fsp3) is 0.125. The van der Waals surface area contributed by atoms with Crippen molar-refractivity contribution in [1.82, 2.24) is 5.01 Å². The number of hydrogen-bond donors (Lipinski definition) is 1. The quantitative estimate of drug-likeness (QED) is 0.222. The van der Waals surface area contributed by atoms with Crippen LogP contribution in [0.4, 0.5) is 33.7 Å². The van der Waals surface area contributed by atoms with Crippen molar-refractivity contribution < 1.29 is 27.1 Å². The minimum absolute atomic E-state index is 0.208. The number of alkyl halides is 3. The van der Waals surface area contributed by atoms with Crippen LogP contribution in [0, 0.1) is 17.1 Å². The summed E-state index contributed by atoms with van der Waals surface area (Å²) in [4.78, 5) is 14.3. The molecule has 0 fully saturated rings. The molecule has 1 N–H and O–H groups in total. The van der Waals surface area contributed by atoms with E-state index in [0.29, 0.717) is 16.8 Å². The van der Waals surface area contributed by atoms with Crippen molar-refractivity contribution in [3.05, 3.63) is 89.7 Å². The van der Waals surface area contributed by atoms with Gasteiger partial charge in [0.1, 0.15) is 11.6 Å². The number of benzene rings is 3. The van der Waals surface area contributed by atoms with Gasteiger partial charge in [0.2, 0.25) is 0 Å². The van der Waals surface area contributed by atoms with Gasteiger partial charge in [-0.1, -0.05) is 12.1 Å². The van der Waals surface area contributed by atoms with Crippen LogP contribution in [0.5, 0.6) is 5.75 Å². The molecule has 0 aliphatic carbocycles. The van der Waals surface area contributed by atoms with E-state index in [-0.39, 0.29) is 11.5 Å². The number of amides is 2. The molecule has 2 amide bonds. The number of hydrazone groups is 1. The Labute approximate surface area is 198 Å². The highest BCUT2D eigenvalue weighted by Crippen LogP contribution is 2.24. The van der Waals surface area contributed by atoms with Crippen LogP contribution in [0.25, 0.3) is 0 Å². The van der Waals surface area contributed by atoms with E-state index in [0.717, 1.165) is 17.1 Å². The maximum absolute atomic E-state index is 13.9. The number of anilines is 2. The zero-order valence-corrected chi connectivity index (χ0v) is 18.5. The number of urea groups is 1. The van der Waals surface area contributed by atoms with Crippen LogP contribution in [0.1, 0.15) is 11.1 Å². The SMILES string of the molecule is CN(N=C(c1cccc(F)c1)N(C)c1ccc(C#N)cc1)C(=O)Nc1ccc(OC(F)(F)F)cc1. The zero-order chi connectivity index (χ0) is 25.6. The molecule has 3 aromatic rings. The van der Waals surface area contributed by atoms with Gasteiger partial charge in [0.25, 0.3) is 0 Å². The number of halogens is 4. The molecule has 0 saturated heterocycles. The molecule has 180 valence electrons. The Morgan fingerprint density at radius 2 is 1.69 bits per heavy atom. The summed E-state index contributed by atoms with van der Waals surface area (Å²) < 4.78 is 54.7. The zero-order valence-electron chi connectivity index (χ0n) is 18.5. The predicted molar refractivity (Wildman–Crippen MR) is 122 cm³/mol. The van der Waals surface area contributed by atoms with Crippen LogP contribution in [-0.2, 0) is 0 Å². The highest BCUT2D eigenvalue weighted by atomic mass is 19.4. The lowest BCUT2D eigenvalue weighted by Crippen LogP contribution is -2.34. The molecule has 0 bridgehead atoms. The van der Waals surface area contributed by atoms with Crippen LogP contribution >= 0.6 is 0 Å². The summed E-state index contributed by atoms with van der Waals surface area (Å²) in [6, 6.07) is 18.1. The largest absolute Gasteiger partial charge is 0.573 e. The molecule has 0 aromatic heterocycles. The molecular formula is C24H19F4N5O2.